The van der Waals surface area contributed by atoms with Gasteiger partial charge < -0.3 is 4.90 Å². The van der Waals surface area contributed by atoms with Crippen molar-refractivity contribution >= 4 is 17.2 Å². The number of hydrogen-bond acceptors (Lipinski definition) is 2. The molecule has 1 heterocycles. The minimum atomic E-state index is 0.0311. The first kappa shape index (κ1) is 10.8. The molecule has 1 aromatic rings. The van der Waals surface area contributed by atoms with Gasteiger partial charge in [-0.3, -0.25) is 4.79 Å². The summed E-state index contributed by atoms with van der Waals surface area (Å²) in [6.45, 7) is 4.95. The van der Waals surface area contributed by atoms with E-state index in [2.05, 4.69) is 5.92 Å². The Morgan fingerprint density at radius 3 is 2.79 bits per heavy atom. The number of amides is 1. The average molecular weight is 207 g/mol. The smallest absolute Gasteiger partial charge is 0.264 e. The van der Waals surface area contributed by atoms with Crippen molar-refractivity contribution in [3.05, 3.63) is 21.9 Å². The summed E-state index contributed by atoms with van der Waals surface area (Å²) in [5.41, 5.74) is 0. The highest BCUT2D eigenvalue weighted by atomic mass is 32.1. The average Bonchev–Trinajstić information content (AvgIpc) is 2.60. The van der Waals surface area contributed by atoms with Crippen molar-refractivity contribution in [2.24, 2.45) is 0 Å². The van der Waals surface area contributed by atoms with Gasteiger partial charge >= 0.3 is 0 Å². The fourth-order valence-electron chi connectivity index (χ4n) is 1.14. The zero-order valence-electron chi connectivity index (χ0n) is 8.41. The fourth-order valence-corrected chi connectivity index (χ4v) is 1.98. The number of aryl methyl sites for hydroxylation is 1. The van der Waals surface area contributed by atoms with Crippen LogP contribution in [0.15, 0.2) is 12.1 Å². The first-order valence-corrected chi connectivity index (χ1v) is 5.29. The van der Waals surface area contributed by atoms with E-state index in [-0.39, 0.29) is 5.91 Å². The predicted octanol–water partition coefficient (Wildman–Crippen LogP) is 2.15. The molecule has 0 fully saturated rings. The lowest BCUT2D eigenvalue weighted by Crippen LogP contribution is -2.30. The molecule has 0 unspecified atom stereocenters. The summed E-state index contributed by atoms with van der Waals surface area (Å²) >= 11 is 1.51. The topological polar surface area (TPSA) is 20.3 Å². The van der Waals surface area contributed by atoms with E-state index in [9.17, 15) is 4.79 Å². The van der Waals surface area contributed by atoms with Crippen LogP contribution in [0.25, 0.3) is 0 Å². The van der Waals surface area contributed by atoms with Crippen molar-refractivity contribution in [1.82, 2.24) is 4.90 Å². The van der Waals surface area contributed by atoms with Crippen LogP contribution in [0.1, 0.15) is 21.5 Å². The Labute approximate surface area is 88.5 Å². The van der Waals surface area contributed by atoms with Gasteiger partial charge in [-0.2, -0.15) is 0 Å². The third-order valence-electron chi connectivity index (χ3n) is 1.90. The third kappa shape index (κ3) is 2.36. The van der Waals surface area contributed by atoms with Crippen LogP contribution in [-0.2, 0) is 0 Å². The molecule has 0 aromatic carbocycles. The van der Waals surface area contributed by atoms with Crippen LogP contribution in [0.2, 0.25) is 0 Å². The molecule has 0 N–H and O–H groups in total. The highest BCUT2D eigenvalue weighted by Crippen LogP contribution is 2.16. The van der Waals surface area contributed by atoms with Crippen molar-refractivity contribution in [3.8, 4) is 12.3 Å². The predicted molar refractivity (Wildman–Crippen MR) is 59.5 cm³/mol. The van der Waals surface area contributed by atoms with Crippen molar-refractivity contribution in [3.63, 3.8) is 0 Å². The normalized spacial score (nSPS) is 9.50. The van der Waals surface area contributed by atoms with Crippen LogP contribution in [0, 0.1) is 19.3 Å². The Bertz CT molecular complexity index is 362. The summed E-state index contributed by atoms with van der Waals surface area (Å²) in [7, 11) is 0. The van der Waals surface area contributed by atoms with E-state index < -0.39 is 0 Å². The molecule has 0 aliphatic rings. The number of hydrogen-bond donors (Lipinski definition) is 0. The standard InChI is InChI=1S/C11H13NOS/c1-4-8-12(5-2)11(13)10-7-6-9(3)14-10/h1,6-7H,5,8H2,2-3H3. The quantitative estimate of drug-likeness (QED) is 0.695. The molecule has 0 aliphatic heterocycles. The Kier molecular flexibility index (Phi) is 3.73. The molecular formula is C11H13NOS. The van der Waals surface area contributed by atoms with Gasteiger partial charge in [0.2, 0.25) is 0 Å². The van der Waals surface area contributed by atoms with Gasteiger partial charge in [0.25, 0.3) is 5.91 Å². The highest BCUT2D eigenvalue weighted by Gasteiger charge is 2.14. The molecule has 1 rings (SSSR count). The van der Waals surface area contributed by atoms with Gasteiger partial charge in [-0.15, -0.1) is 17.8 Å². The van der Waals surface area contributed by atoms with Gasteiger partial charge in [0.05, 0.1) is 11.4 Å². The number of carbonyl (C=O) groups excluding carboxylic acids is 1. The number of nitrogens with zero attached hydrogens (tertiary/aromatic N) is 1. The van der Waals surface area contributed by atoms with E-state index in [1.54, 1.807) is 4.90 Å². The van der Waals surface area contributed by atoms with E-state index in [1.165, 1.54) is 11.3 Å². The Morgan fingerprint density at radius 2 is 2.36 bits per heavy atom. The van der Waals surface area contributed by atoms with Crippen molar-refractivity contribution in [1.29, 1.82) is 0 Å². The largest absolute Gasteiger partial charge is 0.327 e. The summed E-state index contributed by atoms with van der Waals surface area (Å²) in [5, 5.41) is 0. The minimum Gasteiger partial charge on any atom is -0.327 e. The van der Waals surface area contributed by atoms with Crippen LogP contribution in [0.4, 0.5) is 0 Å². The van der Waals surface area contributed by atoms with Gasteiger partial charge in [0.15, 0.2) is 0 Å². The fraction of sp³-hybridized carbons (Fsp3) is 0.364. The minimum absolute atomic E-state index is 0.0311. The Morgan fingerprint density at radius 1 is 1.64 bits per heavy atom. The van der Waals surface area contributed by atoms with Crippen LogP contribution in [0.3, 0.4) is 0 Å². The van der Waals surface area contributed by atoms with Crippen LogP contribution in [-0.4, -0.2) is 23.9 Å². The van der Waals surface area contributed by atoms with Gasteiger partial charge in [0, 0.05) is 11.4 Å². The molecule has 0 spiro atoms. The first-order valence-electron chi connectivity index (χ1n) is 4.48. The maximum absolute atomic E-state index is 11.8. The third-order valence-corrected chi connectivity index (χ3v) is 2.89. The molecule has 0 saturated heterocycles. The lowest BCUT2D eigenvalue weighted by Gasteiger charge is -2.16. The molecule has 2 nitrogen and oxygen atoms in total. The summed E-state index contributed by atoms with van der Waals surface area (Å²) in [6, 6.07) is 3.79. The van der Waals surface area contributed by atoms with Crippen molar-refractivity contribution < 1.29 is 4.79 Å². The lowest BCUT2D eigenvalue weighted by molar-refractivity contribution is 0.0789. The number of thiophene rings is 1. The first-order chi connectivity index (χ1) is 6.69. The SMILES string of the molecule is C#CCN(CC)C(=O)c1ccc(C)s1. The molecule has 74 valence electrons. The second-order valence-corrected chi connectivity index (χ2v) is 4.22. The monoisotopic (exact) mass is 207 g/mol. The molecule has 1 aromatic heterocycles. The zero-order chi connectivity index (χ0) is 10.6. The maximum Gasteiger partial charge on any atom is 0.264 e. The van der Waals surface area contributed by atoms with Crippen LogP contribution in [0.5, 0.6) is 0 Å². The second-order valence-electron chi connectivity index (χ2n) is 2.93. The van der Waals surface area contributed by atoms with E-state index in [4.69, 9.17) is 6.42 Å². The highest BCUT2D eigenvalue weighted by molar-refractivity contribution is 7.13. The van der Waals surface area contributed by atoms with Gasteiger partial charge in [-0.1, -0.05) is 5.92 Å². The van der Waals surface area contributed by atoms with Crippen molar-refractivity contribution in [2.45, 2.75) is 13.8 Å². The molecule has 1 amide bonds. The van der Waals surface area contributed by atoms with Gasteiger partial charge in [-0.25, -0.2) is 0 Å². The van der Waals surface area contributed by atoms with Crippen LogP contribution < -0.4 is 0 Å². The Balaban J connectivity index is 2.78. The van der Waals surface area contributed by atoms with E-state index in [1.807, 2.05) is 26.0 Å². The molecule has 0 saturated carbocycles. The summed E-state index contributed by atoms with van der Waals surface area (Å²) in [6.07, 6.45) is 5.19. The number of carbonyl (C=O) groups is 1. The van der Waals surface area contributed by atoms with E-state index in [0.717, 1.165) is 9.75 Å². The van der Waals surface area contributed by atoms with Gasteiger partial charge in [0.1, 0.15) is 0 Å². The Hall–Kier alpha value is -1.27. The van der Waals surface area contributed by atoms with Gasteiger partial charge in [-0.05, 0) is 26.0 Å². The molecule has 3 heteroatoms. The van der Waals surface area contributed by atoms with E-state index in [0.29, 0.717) is 13.1 Å². The summed E-state index contributed by atoms with van der Waals surface area (Å²) in [5.74, 6) is 2.52. The van der Waals surface area contributed by atoms with Crippen molar-refractivity contribution in [2.75, 3.05) is 13.1 Å². The molecule has 0 atom stereocenters. The molecular weight excluding hydrogens is 194 g/mol. The molecule has 0 bridgehead atoms. The van der Waals surface area contributed by atoms with Crippen LogP contribution >= 0.6 is 11.3 Å². The molecule has 0 aliphatic carbocycles. The summed E-state index contributed by atoms with van der Waals surface area (Å²) in [4.78, 5) is 15.4. The van der Waals surface area contributed by atoms with E-state index >= 15 is 0 Å². The number of terminal acetylenes is 1. The summed E-state index contributed by atoms with van der Waals surface area (Å²) < 4.78 is 0. The second kappa shape index (κ2) is 4.83. The maximum atomic E-state index is 11.8. The lowest BCUT2D eigenvalue weighted by atomic mass is 10.3. The molecule has 0 radical (unpaired) electrons. The molecule has 14 heavy (non-hydrogen) atoms. The number of rotatable bonds is 3. The zero-order valence-corrected chi connectivity index (χ0v) is 9.23.